The van der Waals surface area contributed by atoms with Crippen molar-refractivity contribution in [2.75, 3.05) is 6.54 Å². The molecular formula is C18H19F3N6O. The predicted octanol–water partition coefficient (Wildman–Crippen LogP) is 2.95. The summed E-state index contributed by atoms with van der Waals surface area (Å²) >= 11 is 0. The van der Waals surface area contributed by atoms with Crippen LogP contribution in [0.5, 0.6) is 0 Å². The molecule has 1 amide bonds. The van der Waals surface area contributed by atoms with Gasteiger partial charge in [-0.25, -0.2) is 0 Å². The Hall–Kier alpha value is -2.91. The van der Waals surface area contributed by atoms with Crippen molar-refractivity contribution in [2.24, 2.45) is 0 Å². The van der Waals surface area contributed by atoms with Crippen molar-refractivity contribution < 1.29 is 18.0 Å². The van der Waals surface area contributed by atoms with Gasteiger partial charge < -0.3 is 9.47 Å². The number of hydrogen-bond acceptors (Lipinski definition) is 4. The Morgan fingerprint density at radius 1 is 1.25 bits per heavy atom. The van der Waals surface area contributed by atoms with Gasteiger partial charge in [0.25, 0.3) is 0 Å². The van der Waals surface area contributed by atoms with Crippen molar-refractivity contribution in [1.82, 2.24) is 29.4 Å². The van der Waals surface area contributed by atoms with Gasteiger partial charge in [0.15, 0.2) is 5.82 Å². The highest BCUT2D eigenvalue weighted by molar-refractivity contribution is 5.80. The minimum absolute atomic E-state index is 0.0250. The maximum absolute atomic E-state index is 13.0. The molecule has 0 aliphatic carbocycles. The fourth-order valence-electron chi connectivity index (χ4n) is 3.67. The molecule has 4 rings (SSSR count). The Kier molecular flexibility index (Phi) is 4.35. The van der Waals surface area contributed by atoms with Gasteiger partial charge in [0, 0.05) is 24.9 Å². The minimum Gasteiger partial charge on any atom is -0.331 e. The number of carbonyl (C=O) groups excluding carboxylic acids is 1. The molecule has 0 spiro atoms. The third kappa shape index (κ3) is 3.12. The van der Waals surface area contributed by atoms with Crippen LogP contribution in [-0.4, -0.2) is 41.9 Å². The average Bonchev–Trinajstić information content (AvgIpc) is 3.23. The third-order valence-electron chi connectivity index (χ3n) is 5.09. The molecule has 1 aliphatic rings. The first-order chi connectivity index (χ1) is 13.3. The van der Waals surface area contributed by atoms with E-state index in [4.69, 9.17) is 0 Å². The second kappa shape index (κ2) is 6.61. The maximum Gasteiger partial charge on any atom is 0.451 e. The van der Waals surface area contributed by atoms with Gasteiger partial charge in [0.05, 0.1) is 24.3 Å². The Balaban J connectivity index is 1.47. The van der Waals surface area contributed by atoms with Crippen LogP contribution in [0, 0.1) is 6.92 Å². The quantitative estimate of drug-likeness (QED) is 0.687. The summed E-state index contributed by atoms with van der Waals surface area (Å²) in [5.41, 5.74) is 2.08. The zero-order valence-electron chi connectivity index (χ0n) is 15.4. The molecule has 3 aromatic rings. The first-order valence-corrected chi connectivity index (χ1v) is 8.97. The lowest BCUT2D eigenvalue weighted by molar-refractivity contribution is -0.148. The number of benzene rings is 1. The lowest BCUT2D eigenvalue weighted by atomic mass is 10.1. The minimum atomic E-state index is -4.56. The Morgan fingerprint density at radius 3 is 2.79 bits per heavy atom. The van der Waals surface area contributed by atoms with Gasteiger partial charge in [-0.3, -0.25) is 9.48 Å². The molecule has 1 aliphatic heterocycles. The third-order valence-corrected chi connectivity index (χ3v) is 5.09. The molecule has 1 aromatic carbocycles. The number of amides is 1. The molecular weight excluding hydrogens is 373 g/mol. The molecule has 0 bridgehead atoms. The predicted molar refractivity (Wildman–Crippen MR) is 94.2 cm³/mol. The first kappa shape index (κ1) is 18.5. The second-order valence-corrected chi connectivity index (χ2v) is 6.97. The van der Waals surface area contributed by atoms with E-state index < -0.39 is 18.0 Å². The number of nitrogens with zero attached hydrogens (tertiary/aromatic N) is 6. The molecule has 1 unspecified atom stereocenters. The smallest absolute Gasteiger partial charge is 0.331 e. The molecule has 7 nitrogen and oxygen atoms in total. The summed E-state index contributed by atoms with van der Waals surface area (Å²) in [5.74, 6) is -1.00. The van der Waals surface area contributed by atoms with Crippen molar-refractivity contribution in [3.63, 3.8) is 0 Å². The summed E-state index contributed by atoms with van der Waals surface area (Å²) in [6, 6.07) is 5.41. The SMILES string of the molecule is Cc1ccc2c(cnn2CCC(=O)N2CCn3c(nnc3C(F)(F)F)C2C)c1. The highest BCUT2D eigenvalue weighted by atomic mass is 19.4. The van der Waals surface area contributed by atoms with Gasteiger partial charge in [-0.15, -0.1) is 10.2 Å². The van der Waals surface area contributed by atoms with Crippen molar-refractivity contribution in [3.05, 3.63) is 41.6 Å². The fourth-order valence-corrected chi connectivity index (χ4v) is 3.67. The van der Waals surface area contributed by atoms with Crippen LogP contribution in [0.15, 0.2) is 24.4 Å². The fraction of sp³-hybridized carbons (Fsp3) is 0.444. The van der Waals surface area contributed by atoms with Gasteiger partial charge in [-0.1, -0.05) is 11.6 Å². The largest absolute Gasteiger partial charge is 0.451 e. The van der Waals surface area contributed by atoms with Crippen LogP contribution in [0.3, 0.4) is 0 Å². The number of carbonyl (C=O) groups is 1. The summed E-state index contributed by atoms with van der Waals surface area (Å²) in [6.45, 7) is 4.28. The number of aromatic nitrogens is 5. The van der Waals surface area contributed by atoms with Gasteiger partial charge in [-0.05, 0) is 26.0 Å². The molecule has 1 atom stereocenters. The molecule has 0 radical (unpaired) electrons. The summed E-state index contributed by atoms with van der Waals surface area (Å²) < 4.78 is 41.8. The molecule has 2 aromatic heterocycles. The van der Waals surface area contributed by atoms with Crippen LogP contribution in [0.4, 0.5) is 13.2 Å². The summed E-state index contributed by atoms with van der Waals surface area (Å²) in [5, 5.41) is 12.3. The van der Waals surface area contributed by atoms with E-state index in [1.165, 1.54) is 0 Å². The Bertz CT molecular complexity index is 1040. The van der Waals surface area contributed by atoms with E-state index in [0.29, 0.717) is 6.54 Å². The lowest BCUT2D eigenvalue weighted by Crippen LogP contribution is -2.42. The summed E-state index contributed by atoms with van der Waals surface area (Å²) in [6.07, 6.45) is -2.59. The molecule has 0 fully saturated rings. The van der Waals surface area contributed by atoms with Crippen LogP contribution in [0.25, 0.3) is 10.9 Å². The van der Waals surface area contributed by atoms with E-state index in [1.54, 1.807) is 22.7 Å². The van der Waals surface area contributed by atoms with E-state index in [9.17, 15) is 18.0 Å². The highest BCUT2D eigenvalue weighted by Crippen LogP contribution is 2.32. The van der Waals surface area contributed by atoms with E-state index in [-0.39, 0.29) is 31.2 Å². The van der Waals surface area contributed by atoms with Crippen LogP contribution < -0.4 is 0 Å². The molecule has 0 saturated carbocycles. The summed E-state index contributed by atoms with van der Waals surface area (Å²) in [4.78, 5) is 14.3. The first-order valence-electron chi connectivity index (χ1n) is 8.97. The van der Waals surface area contributed by atoms with Gasteiger partial charge >= 0.3 is 6.18 Å². The topological polar surface area (TPSA) is 68.8 Å². The normalized spacial score (nSPS) is 17.2. The van der Waals surface area contributed by atoms with E-state index >= 15 is 0 Å². The Labute approximate surface area is 158 Å². The molecule has 148 valence electrons. The summed E-state index contributed by atoms with van der Waals surface area (Å²) in [7, 11) is 0. The number of halogens is 3. The standard InChI is InChI=1S/C18H19F3N6O/c1-11-3-4-14-13(9-11)10-22-27(14)6-5-15(28)25-7-8-26-16(12(25)2)23-24-17(26)18(19,20)21/h3-4,9-10,12H,5-8H2,1-2H3. The number of aryl methyl sites for hydroxylation is 2. The molecule has 0 N–H and O–H groups in total. The monoisotopic (exact) mass is 392 g/mol. The second-order valence-electron chi connectivity index (χ2n) is 6.97. The number of hydrogen-bond donors (Lipinski definition) is 0. The highest BCUT2D eigenvalue weighted by Gasteiger charge is 2.41. The molecule has 10 heteroatoms. The van der Waals surface area contributed by atoms with Gasteiger partial charge in [-0.2, -0.15) is 18.3 Å². The molecule has 3 heterocycles. The number of fused-ring (bicyclic) bond motifs is 2. The zero-order valence-corrected chi connectivity index (χ0v) is 15.4. The van der Waals surface area contributed by atoms with Gasteiger partial charge in [0.2, 0.25) is 11.7 Å². The van der Waals surface area contributed by atoms with E-state index in [1.807, 2.05) is 25.1 Å². The zero-order chi connectivity index (χ0) is 20.1. The van der Waals surface area contributed by atoms with Crippen molar-refractivity contribution >= 4 is 16.8 Å². The number of alkyl halides is 3. The Morgan fingerprint density at radius 2 is 2.04 bits per heavy atom. The van der Waals surface area contributed by atoms with Crippen molar-refractivity contribution in [3.8, 4) is 0 Å². The van der Waals surface area contributed by atoms with Crippen LogP contribution in [0.2, 0.25) is 0 Å². The molecule has 28 heavy (non-hydrogen) atoms. The van der Waals surface area contributed by atoms with Gasteiger partial charge in [0.1, 0.15) is 0 Å². The van der Waals surface area contributed by atoms with Crippen LogP contribution in [0.1, 0.15) is 36.6 Å². The lowest BCUT2D eigenvalue weighted by Gasteiger charge is -2.34. The van der Waals surface area contributed by atoms with Crippen molar-refractivity contribution in [1.29, 1.82) is 0 Å². The van der Waals surface area contributed by atoms with Crippen molar-refractivity contribution in [2.45, 2.75) is 45.6 Å². The van der Waals surface area contributed by atoms with Crippen LogP contribution >= 0.6 is 0 Å². The van der Waals surface area contributed by atoms with E-state index in [0.717, 1.165) is 21.0 Å². The molecule has 0 saturated heterocycles. The number of rotatable bonds is 3. The van der Waals surface area contributed by atoms with E-state index in [2.05, 4.69) is 15.3 Å². The average molecular weight is 392 g/mol. The maximum atomic E-state index is 13.0. The van der Waals surface area contributed by atoms with Crippen LogP contribution in [-0.2, 0) is 24.1 Å².